The third-order valence-electron chi connectivity index (χ3n) is 1.78. The number of allylic oxidation sites excluding steroid dienone is 3. The summed E-state index contributed by atoms with van der Waals surface area (Å²) < 4.78 is 0. The van der Waals surface area contributed by atoms with E-state index in [0.29, 0.717) is 5.57 Å². The molecular weight excluding hydrogens is 210 g/mol. The number of carboxylic acid groups (broad SMARTS) is 1. The van der Waals surface area contributed by atoms with Crippen molar-refractivity contribution in [2.45, 2.75) is 25.8 Å². The molecule has 0 aliphatic heterocycles. The number of rotatable bonds is 7. The summed E-state index contributed by atoms with van der Waals surface area (Å²) in [5, 5.41) is 8.62. The fourth-order valence-corrected chi connectivity index (χ4v) is 1.00. The lowest BCUT2D eigenvalue weighted by Crippen LogP contribution is -2.30. The van der Waals surface area contributed by atoms with Crippen molar-refractivity contribution in [3.63, 3.8) is 0 Å². The largest absolute Gasteiger partial charge is 0.480 e. The van der Waals surface area contributed by atoms with E-state index in [4.69, 9.17) is 10.8 Å². The van der Waals surface area contributed by atoms with Crippen LogP contribution in [0.2, 0.25) is 0 Å². The first-order chi connectivity index (χ1) is 7.51. The van der Waals surface area contributed by atoms with Gasteiger partial charge in [0.15, 0.2) is 6.29 Å². The van der Waals surface area contributed by atoms with Gasteiger partial charge in [0, 0.05) is 0 Å². The quantitative estimate of drug-likeness (QED) is 0.284. The summed E-state index contributed by atoms with van der Waals surface area (Å²) in [7, 11) is 0. The molecule has 16 heavy (non-hydrogen) atoms. The second kappa shape index (κ2) is 7.53. The van der Waals surface area contributed by atoms with Crippen LogP contribution in [-0.2, 0) is 14.4 Å². The molecule has 0 amide bonds. The van der Waals surface area contributed by atoms with Gasteiger partial charge in [0.2, 0.25) is 5.78 Å². The van der Waals surface area contributed by atoms with Crippen LogP contribution < -0.4 is 5.73 Å². The first kappa shape index (κ1) is 14.2. The Hall–Kier alpha value is -1.75. The smallest absolute Gasteiger partial charge is 0.320 e. The van der Waals surface area contributed by atoms with Crippen LogP contribution in [0.4, 0.5) is 0 Å². The molecule has 0 bridgehead atoms. The van der Waals surface area contributed by atoms with Crippen molar-refractivity contribution >= 4 is 18.0 Å². The molecule has 0 radical (unpaired) electrons. The lowest BCUT2D eigenvalue weighted by atomic mass is 10.0. The van der Waals surface area contributed by atoms with Crippen molar-refractivity contribution < 1.29 is 19.5 Å². The maximum Gasteiger partial charge on any atom is 0.320 e. The molecule has 0 heterocycles. The maximum absolute atomic E-state index is 10.9. The normalized spacial score (nSPS) is 13.8. The van der Waals surface area contributed by atoms with Crippen molar-refractivity contribution in [3.05, 3.63) is 23.8 Å². The molecule has 0 aromatic carbocycles. The van der Waals surface area contributed by atoms with Crippen LogP contribution in [0.5, 0.6) is 0 Å². The van der Waals surface area contributed by atoms with Gasteiger partial charge in [0.1, 0.15) is 6.04 Å². The number of aldehydes is 1. The molecule has 0 saturated heterocycles. The lowest BCUT2D eigenvalue weighted by Gasteiger charge is -2.06. The first-order valence-corrected chi connectivity index (χ1v) is 4.85. The predicted molar refractivity (Wildman–Crippen MR) is 58.8 cm³/mol. The van der Waals surface area contributed by atoms with Crippen LogP contribution in [0.1, 0.15) is 19.8 Å². The van der Waals surface area contributed by atoms with E-state index in [1.54, 1.807) is 12.2 Å². The number of carbonyl (C=O) groups excluding carboxylic acids is 2. The molecule has 0 aromatic rings. The van der Waals surface area contributed by atoms with E-state index in [0.717, 1.165) is 12.5 Å². The van der Waals surface area contributed by atoms with Gasteiger partial charge in [-0.15, -0.1) is 0 Å². The second-order valence-corrected chi connectivity index (χ2v) is 3.20. The number of hydrogen-bond acceptors (Lipinski definition) is 4. The molecule has 5 nitrogen and oxygen atoms in total. The standard InChI is InChI=1S/C11H15NO4/c1-2-3-4-8(5-9(14)7-13)6-10(12)11(15)16/h3-5,7,10H,2,6,12H2,1H3,(H,15,16)/b4-3-,8-5+. The Balaban J connectivity index is 4.74. The molecule has 5 heteroatoms. The van der Waals surface area contributed by atoms with Crippen LogP contribution in [0.3, 0.4) is 0 Å². The molecule has 88 valence electrons. The summed E-state index contributed by atoms with van der Waals surface area (Å²) in [5.41, 5.74) is 5.77. The minimum absolute atomic E-state index is 0.0193. The summed E-state index contributed by atoms with van der Waals surface area (Å²) in [6.07, 6.45) is 5.40. The zero-order valence-electron chi connectivity index (χ0n) is 9.05. The van der Waals surface area contributed by atoms with Gasteiger partial charge >= 0.3 is 5.97 Å². The molecule has 0 aliphatic rings. The predicted octanol–water partition coefficient (Wildman–Crippen LogP) is 0.449. The highest BCUT2D eigenvalue weighted by atomic mass is 16.4. The van der Waals surface area contributed by atoms with Gasteiger partial charge in [-0.2, -0.15) is 0 Å². The van der Waals surface area contributed by atoms with Crippen molar-refractivity contribution in [3.8, 4) is 0 Å². The van der Waals surface area contributed by atoms with E-state index in [2.05, 4.69) is 0 Å². The summed E-state index contributed by atoms with van der Waals surface area (Å²) in [4.78, 5) is 31.6. The third-order valence-corrected chi connectivity index (χ3v) is 1.78. The minimum Gasteiger partial charge on any atom is -0.480 e. The van der Waals surface area contributed by atoms with Crippen LogP contribution in [0.25, 0.3) is 0 Å². The topological polar surface area (TPSA) is 97.5 Å². The van der Waals surface area contributed by atoms with Gasteiger partial charge in [-0.1, -0.05) is 19.1 Å². The second-order valence-electron chi connectivity index (χ2n) is 3.20. The molecular formula is C11H15NO4. The fourth-order valence-electron chi connectivity index (χ4n) is 1.00. The molecule has 1 atom stereocenters. The average Bonchev–Trinajstić information content (AvgIpc) is 2.25. The molecule has 1 unspecified atom stereocenters. The van der Waals surface area contributed by atoms with Gasteiger partial charge < -0.3 is 10.8 Å². The summed E-state index contributed by atoms with van der Waals surface area (Å²) >= 11 is 0. The Morgan fingerprint density at radius 1 is 1.44 bits per heavy atom. The Bertz CT molecular complexity index is 331. The van der Waals surface area contributed by atoms with Crippen LogP contribution in [-0.4, -0.2) is 29.2 Å². The lowest BCUT2D eigenvalue weighted by molar-refractivity contribution is -0.138. The Labute approximate surface area is 93.6 Å². The minimum atomic E-state index is -1.14. The van der Waals surface area contributed by atoms with Gasteiger partial charge in [-0.25, -0.2) is 0 Å². The van der Waals surface area contributed by atoms with Gasteiger partial charge in [0.25, 0.3) is 0 Å². The number of nitrogens with two attached hydrogens (primary N) is 1. The summed E-state index contributed by atoms with van der Waals surface area (Å²) in [5.74, 6) is -1.84. The van der Waals surface area contributed by atoms with Gasteiger partial charge in [-0.05, 0) is 24.5 Å². The van der Waals surface area contributed by atoms with Gasteiger partial charge in [0.05, 0.1) is 0 Å². The molecule has 3 N–H and O–H groups in total. The maximum atomic E-state index is 10.9. The van der Waals surface area contributed by atoms with E-state index in [9.17, 15) is 14.4 Å². The van der Waals surface area contributed by atoms with E-state index < -0.39 is 17.8 Å². The van der Waals surface area contributed by atoms with E-state index in [1.165, 1.54) is 0 Å². The van der Waals surface area contributed by atoms with Crippen molar-refractivity contribution in [1.29, 1.82) is 0 Å². The van der Waals surface area contributed by atoms with Crippen molar-refractivity contribution in [1.82, 2.24) is 0 Å². The summed E-state index contributed by atoms with van der Waals surface area (Å²) in [6, 6.07) is -1.08. The summed E-state index contributed by atoms with van der Waals surface area (Å²) in [6.45, 7) is 1.90. The molecule has 0 rings (SSSR count). The van der Waals surface area contributed by atoms with E-state index >= 15 is 0 Å². The van der Waals surface area contributed by atoms with Gasteiger partial charge in [-0.3, -0.25) is 14.4 Å². The zero-order chi connectivity index (χ0) is 12.6. The van der Waals surface area contributed by atoms with Crippen molar-refractivity contribution in [2.75, 3.05) is 0 Å². The third kappa shape index (κ3) is 5.87. The fraction of sp³-hybridized carbons (Fsp3) is 0.364. The Kier molecular flexibility index (Phi) is 6.71. The number of carboxylic acids is 1. The molecule has 0 spiro atoms. The average molecular weight is 225 g/mol. The van der Waals surface area contributed by atoms with Crippen LogP contribution in [0, 0.1) is 0 Å². The Morgan fingerprint density at radius 2 is 2.06 bits per heavy atom. The van der Waals surface area contributed by atoms with Crippen LogP contribution in [0.15, 0.2) is 23.8 Å². The highest BCUT2D eigenvalue weighted by Gasteiger charge is 2.13. The highest BCUT2D eigenvalue weighted by Crippen LogP contribution is 2.07. The number of ketones is 1. The molecule has 0 aromatic heterocycles. The number of aliphatic carboxylic acids is 1. The van der Waals surface area contributed by atoms with Crippen molar-refractivity contribution in [2.24, 2.45) is 5.73 Å². The molecule has 0 fully saturated rings. The Morgan fingerprint density at radius 3 is 2.50 bits per heavy atom. The van der Waals surface area contributed by atoms with Crippen LogP contribution >= 0.6 is 0 Å². The number of carbonyl (C=O) groups is 3. The monoisotopic (exact) mass is 225 g/mol. The van der Waals surface area contributed by atoms with E-state index in [-0.39, 0.29) is 12.7 Å². The number of hydrogen-bond donors (Lipinski definition) is 2. The molecule has 0 saturated carbocycles. The molecule has 0 aliphatic carbocycles. The highest BCUT2D eigenvalue weighted by molar-refractivity contribution is 6.30. The zero-order valence-corrected chi connectivity index (χ0v) is 9.05. The SMILES string of the molecule is CC/C=C\C(=C/C(=O)C=O)CC(N)C(=O)O. The van der Waals surface area contributed by atoms with E-state index in [1.807, 2.05) is 6.92 Å². The first-order valence-electron chi connectivity index (χ1n) is 4.85.